The second kappa shape index (κ2) is 6.82. The van der Waals surface area contributed by atoms with E-state index >= 15 is 0 Å². The van der Waals surface area contributed by atoms with E-state index in [1.54, 1.807) is 19.4 Å². The van der Waals surface area contributed by atoms with Crippen molar-refractivity contribution in [3.8, 4) is 5.88 Å². The molecule has 1 saturated heterocycles. The first-order chi connectivity index (χ1) is 11.2. The van der Waals surface area contributed by atoms with E-state index in [9.17, 15) is 8.78 Å². The zero-order valence-electron chi connectivity index (χ0n) is 12.7. The van der Waals surface area contributed by atoms with Crippen LogP contribution in [0.15, 0.2) is 24.7 Å². The van der Waals surface area contributed by atoms with Crippen LogP contribution in [0.1, 0.15) is 5.56 Å². The van der Waals surface area contributed by atoms with Gasteiger partial charge in [0.05, 0.1) is 19.5 Å². The molecule has 0 spiro atoms. The van der Waals surface area contributed by atoms with Crippen LogP contribution >= 0.6 is 0 Å². The second-order valence-corrected chi connectivity index (χ2v) is 5.24. The van der Waals surface area contributed by atoms with Crippen LogP contribution in [-0.2, 0) is 6.54 Å². The fraction of sp³-hybridized carbons (Fsp3) is 0.400. The van der Waals surface area contributed by atoms with E-state index in [0.717, 1.165) is 12.4 Å². The zero-order valence-corrected chi connectivity index (χ0v) is 12.7. The van der Waals surface area contributed by atoms with Crippen LogP contribution in [0.2, 0.25) is 0 Å². The summed E-state index contributed by atoms with van der Waals surface area (Å²) in [5.41, 5.74) is 0.0612. The van der Waals surface area contributed by atoms with Gasteiger partial charge in [0, 0.05) is 50.6 Å². The normalized spacial score (nSPS) is 15.7. The monoisotopic (exact) mass is 321 g/mol. The van der Waals surface area contributed by atoms with Crippen molar-refractivity contribution in [3.63, 3.8) is 0 Å². The van der Waals surface area contributed by atoms with Crippen LogP contribution in [0.5, 0.6) is 5.88 Å². The van der Waals surface area contributed by atoms with Crippen molar-refractivity contribution >= 4 is 5.95 Å². The van der Waals surface area contributed by atoms with Gasteiger partial charge in [0.2, 0.25) is 11.8 Å². The minimum absolute atomic E-state index is 0.0612. The second-order valence-electron chi connectivity index (χ2n) is 5.24. The van der Waals surface area contributed by atoms with Crippen LogP contribution in [0.3, 0.4) is 0 Å². The molecule has 1 aliphatic rings. The van der Waals surface area contributed by atoms with Gasteiger partial charge in [-0.25, -0.2) is 13.8 Å². The Morgan fingerprint density at radius 2 is 1.83 bits per heavy atom. The number of anilines is 1. The number of nitrogens with zero attached hydrogens (tertiary/aromatic N) is 5. The Kier molecular flexibility index (Phi) is 4.61. The van der Waals surface area contributed by atoms with Crippen molar-refractivity contribution in [2.24, 2.45) is 0 Å². The highest BCUT2D eigenvalue weighted by Gasteiger charge is 2.21. The molecule has 0 bridgehead atoms. The fourth-order valence-corrected chi connectivity index (χ4v) is 2.52. The minimum atomic E-state index is -0.608. The van der Waals surface area contributed by atoms with E-state index in [-0.39, 0.29) is 12.1 Å². The van der Waals surface area contributed by atoms with Crippen molar-refractivity contribution in [2.75, 3.05) is 38.2 Å². The first-order valence-corrected chi connectivity index (χ1v) is 7.29. The van der Waals surface area contributed by atoms with E-state index in [4.69, 9.17) is 4.74 Å². The summed E-state index contributed by atoms with van der Waals surface area (Å²) in [4.78, 5) is 16.1. The number of pyridine rings is 1. The molecule has 0 unspecified atom stereocenters. The summed E-state index contributed by atoms with van der Waals surface area (Å²) >= 11 is 0. The fourth-order valence-electron chi connectivity index (χ4n) is 2.52. The Morgan fingerprint density at radius 3 is 2.48 bits per heavy atom. The number of hydrogen-bond acceptors (Lipinski definition) is 6. The van der Waals surface area contributed by atoms with E-state index in [1.807, 2.05) is 9.80 Å². The third-order valence-electron chi connectivity index (χ3n) is 3.82. The lowest BCUT2D eigenvalue weighted by atomic mass is 10.2. The van der Waals surface area contributed by atoms with E-state index in [1.165, 1.54) is 0 Å². The van der Waals surface area contributed by atoms with Gasteiger partial charge < -0.3 is 9.64 Å². The standard InChI is InChI=1S/C15H17F2N5O/c1-23-14-2-3-19-15(20-14)22-6-4-21(5-7-22)10-11-12(16)8-18-9-13(11)17/h2-3,8-9H,4-7,10H2,1H3. The predicted octanol–water partition coefficient (Wildman–Crippen LogP) is 1.48. The minimum Gasteiger partial charge on any atom is -0.481 e. The number of ether oxygens (including phenoxy) is 1. The molecule has 6 nitrogen and oxygen atoms in total. The van der Waals surface area contributed by atoms with Crippen molar-refractivity contribution in [3.05, 3.63) is 41.9 Å². The molecule has 0 saturated carbocycles. The highest BCUT2D eigenvalue weighted by Crippen LogP contribution is 2.17. The van der Waals surface area contributed by atoms with Crippen molar-refractivity contribution in [1.29, 1.82) is 0 Å². The van der Waals surface area contributed by atoms with E-state index < -0.39 is 11.6 Å². The molecule has 8 heteroatoms. The molecule has 1 aliphatic heterocycles. The number of rotatable bonds is 4. The Labute approximate surface area is 132 Å². The SMILES string of the molecule is COc1ccnc(N2CCN(Cc3c(F)cncc3F)CC2)n1. The van der Waals surface area contributed by atoms with E-state index in [2.05, 4.69) is 15.0 Å². The highest BCUT2D eigenvalue weighted by molar-refractivity contribution is 5.32. The van der Waals surface area contributed by atoms with Crippen LogP contribution in [0.25, 0.3) is 0 Å². The molecule has 23 heavy (non-hydrogen) atoms. The summed E-state index contributed by atoms with van der Waals surface area (Å²) in [5, 5.41) is 0. The molecule has 2 aromatic heterocycles. The number of hydrogen-bond donors (Lipinski definition) is 0. The van der Waals surface area contributed by atoms with Gasteiger partial charge in [-0.1, -0.05) is 0 Å². The molecular formula is C15H17F2N5O. The molecule has 2 aromatic rings. The van der Waals surface area contributed by atoms with Gasteiger partial charge >= 0.3 is 0 Å². The highest BCUT2D eigenvalue weighted by atomic mass is 19.1. The first-order valence-electron chi connectivity index (χ1n) is 7.29. The molecule has 0 aromatic carbocycles. The summed E-state index contributed by atoms with van der Waals surface area (Å²) in [6, 6.07) is 1.69. The topological polar surface area (TPSA) is 54.4 Å². The number of halogens is 2. The third-order valence-corrected chi connectivity index (χ3v) is 3.82. The van der Waals surface area contributed by atoms with E-state index in [0.29, 0.717) is 38.0 Å². The molecule has 122 valence electrons. The van der Waals surface area contributed by atoms with Crippen molar-refractivity contribution in [1.82, 2.24) is 19.9 Å². The maximum Gasteiger partial charge on any atom is 0.228 e. The average Bonchev–Trinajstić information content (AvgIpc) is 2.59. The first kappa shape index (κ1) is 15.5. The van der Waals surface area contributed by atoms with Gasteiger partial charge in [0.15, 0.2) is 0 Å². The van der Waals surface area contributed by atoms with Gasteiger partial charge in [-0.3, -0.25) is 9.88 Å². The Hall–Kier alpha value is -2.35. The quantitative estimate of drug-likeness (QED) is 0.850. The average molecular weight is 321 g/mol. The molecule has 1 fully saturated rings. The van der Waals surface area contributed by atoms with Crippen LogP contribution in [0, 0.1) is 11.6 Å². The van der Waals surface area contributed by atoms with Crippen LogP contribution in [0.4, 0.5) is 14.7 Å². The van der Waals surface area contributed by atoms with Gasteiger partial charge in [-0.15, -0.1) is 0 Å². The summed E-state index contributed by atoms with van der Waals surface area (Å²) in [6.07, 6.45) is 3.73. The largest absolute Gasteiger partial charge is 0.481 e. The Balaban J connectivity index is 1.62. The van der Waals surface area contributed by atoms with Gasteiger partial charge in [0.25, 0.3) is 0 Å². The summed E-state index contributed by atoms with van der Waals surface area (Å²) < 4.78 is 32.4. The predicted molar refractivity (Wildman–Crippen MR) is 80.2 cm³/mol. The molecule has 3 rings (SSSR count). The van der Waals surface area contributed by atoms with Crippen LogP contribution < -0.4 is 9.64 Å². The molecule has 0 atom stereocenters. The summed E-state index contributed by atoms with van der Waals surface area (Å²) in [5.74, 6) is -0.101. The third kappa shape index (κ3) is 3.53. The number of piperazine rings is 1. The lowest BCUT2D eigenvalue weighted by molar-refractivity contribution is 0.241. The maximum atomic E-state index is 13.7. The molecule has 0 amide bonds. The maximum absolute atomic E-state index is 13.7. The Bertz CT molecular complexity index is 656. The zero-order chi connectivity index (χ0) is 16.2. The van der Waals surface area contributed by atoms with Gasteiger partial charge in [0.1, 0.15) is 11.6 Å². The van der Waals surface area contributed by atoms with Gasteiger partial charge in [-0.05, 0) is 0 Å². The van der Waals surface area contributed by atoms with Gasteiger partial charge in [-0.2, -0.15) is 4.98 Å². The van der Waals surface area contributed by atoms with Crippen LogP contribution in [-0.4, -0.2) is 53.1 Å². The van der Waals surface area contributed by atoms with Crippen molar-refractivity contribution < 1.29 is 13.5 Å². The number of aromatic nitrogens is 3. The molecule has 0 N–H and O–H groups in total. The lowest BCUT2D eigenvalue weighted by Crippen LogP contribution is -2.46. The molecule has 3 heterocycles. The summed E-state index contributed by atoms with van der Waals surface area (Å²) in [7, 11) is 1.56. The summed E-state index contributed by atoms with van der Waals surface area (Å²) in [6.45, 7) is 2.93. The Morgan fingerprint density at radius 1 is 1.13 bits per heavy atom. The molecule has 0 aliphatic carbocycles. The molecular weight excluding hydrogens is 304 g/mol. The number of methoxy groups -OCH3 is 1. The smallest absolute Gasteiger partial charge is 0.228 e. The lowest BCUT2D eigenvalue weighted by Gasteiger charge is -2.34. The van der Waals surface area contributed by atoms with Crippen molar-refractivity contribution in [2.45, 2.75) is 6.54 Å². The molecule has 0 radical (unpaired) electrons.